The lowest BCUT2D eigenvalue weighted by atomic mass is 10.2. The topological polar surface area (TPSA) is 71.9 Å². The average Bonchev–Trinajstić information content (AvgIpc) is 2.45. The van der Waals surface area contributed by atoms with E-state index in [1.165, 1.54) is 13.2 Å². The van der Waals surface area contributed by atoms with Crippen LogP contribution in [0, 0.1) is 11.7 Å². The second kappa shape index (κ2) is 9.09. The van der Waals surface area contributed by atoms with Crippen LogP contribution < -0.4 is 20.3 Å². The molecule has 3 amide bonds. The van der Waals surface area contributed by atoms with Crippen molar-refractivity contribution in [2.24, 2.45) is 5.92 Å². The lowest BCUT2D eigenvalue weighted by Crippen LogP contribution is -3.09. The van der Waals surface area contributed by atoms with Crippen molar-refractivity contribution < 1.29 is 23.6 Å². The summed E-state index contributed by atoms with van der Waals surface area (Å²) in [5.74, 6) is -0.312. The van der Waals surface area contributed by atoms with Gasteiger partial charge in [-0.3, -0.25) is 10.1 Å². The number of ether oxygens (including phenoxy) is 1. The number of amides is 3. The van der Waals surface area contributed by atoms with Gasteiger partial charge in [0.05, 0.1) is 14.2 Å². The van der Waals surface area contributed by atoms with Crippen LogP contribution in [0.1, 0.15) is 19.4 Å². The molecule has 0 aliphatic rings. The number of imide groups is 1. The zero-order valence-electron chi connectivity index (χ0n) is 14.0. The predicted molar refractivity (Wildman–Crippen MR) is 84.8 cm³/mol. The highest BCUT2D eigenvalue weighted by Gasteiger charge is 2.14. The van der Waals surface area contributed by atoms with Crippen LogP contribution in [0.25, 0.3) is 0 Å². The number of likely N-dealkylation sites (N-methyl/N-ethyl adjacent to an activating group) is 1. The third-order valence-electron chi connectivity index (χ3n) is 3.11. The summed E-state index contributed by atoms with van der Waals surface area (Å²) in [4.78, 5) is 24.1. The molecule has 0 aliphatic carbocycles. The molecule has 1 rings (SSSR count). The maximum absolute atomic E-state index is 13.6. The number of hydrogen-bond acceptors (Lipinski definition) is 3. The summed E-state index contributed by atoms with van der Waals surface area (Å²) < 4.78 is 18.5. The number of hydrogen-bond donors (Lipinski definition) is 3. The second-order valence-corrected chi connectivity index (χ2v) is 5.93. The van der Waals surface area contributed by atoms with Crippen molar-refractivity contribution in [1.29, 1.82) is 0 Å². The van der Waals surface area contributed by atoms with E-state index in [1.807, 2.05) is 13.8 Å². The van der Waals surface area contributed by atoms with E-state index >= 15 is 0 Å². The largest absolute Gasteiger partial charge is 0.494 e. The molecule has 1 atom stereocenters. The number of quaternary nitrogens is 1. The number of rotatable bonds is 7. The Morgan fingerprint density at radius 1 is 1.35 bits per heavy atom. The second-order valence-electron chi connectivity index (χ2n) is 5.93. The van der Waals surface area contributed by atoms with E-state index in [0.29, 0.717) is 19.0 Å². The van der Waals surface area contributed by atoms with Gasteiger partial charge in [-0.05, 0) is 24.1 Å². The zero-order valence-corrected chi connectivity index (χ0v) is 14.0. The summed E-state index contributed by atoms with van der Waals surface area (Å²) in [5, 5.41) is 4.89. The molecule has 0 bridgehead atoms. The molecule has 6 nitrogen and oxygen atoms in total. The van der Waals surface area contributed by atoms with E-state index in [4.69, 9.17) is 4.74 Å². The van der Waals surface area contributed by atoms with Gasteiger partial charge >= 0.3 is 6.03 Å². The SMILES string of the molecule is COc1ccc(C[NH+](C)CC(=O)NC(=O)NCC(C)C)cc1F. The summed E-state index contributed by atoms with van der Waals surface area (Å²) in [7, 11) is 3.21. The van der Waals surface area contributed by atoms with Gasteiger partial charge in [-0.25, -0.2) is 9.18 Å². The number of methoxy groups -OCH3 is 1. The van der Waals surface area contributed by atoms with Crippen LogP contribution in [0.4, 0.5) is 9.18 Å². The molecule has 0 spiro atoms. The number of urea groups is 1. The average molecular weight is 326 g/mol. The first kappa shape index (κ1) is 18.9. The lowest BCUT2D eigenvalue weighted by Gasteiger charge is -2.14. The minimum atomic E-state index is -0.494. The number of halogens is 1. The number of carbonyl (C=O) groups excluding carboxylic acids is 2. The third kappa shape index (κ3) is 7.10. The highest BCUT2D eigenvalue weighted by atomic mass is 19.1. The molecule has 0 saturated carbocycles. The Hall–Kier alpha value is -2.15. The molecule has 0 fully saturated rings. The number of carbonyl (C=O) groups is 2. The molecular weight excluding hydrogens is 301 g/mol. The van der Waals surface area contributed by atoms with Gasteiger partial charge in [0.15, 0.2) is 18.1 Å². The Bertz CT molecular complexity index is 549. The normalized spacial score (nSPS) is 11.9. The van der Waals surface area contributed by atoms with Crippen LogP contribution in [0.15, 0.2) is 18.2 Å². The Labute approximate surface area is 136 Å². The summed E-state index contributed by atoms with van der Waals surface area (Å²) in [6.07, 6.45) is 0. The third-order valence-corrected chi connectivity index (χ3v) is 3.11. The molecule has 1 aromatic carbocycles. The van der Waals surface area contributed by atoms with Crippen LogP contribution in [-0.4, -0.2) is 39.2 Å². The smallest absolute Gasteiger partial charge is 0.321 e. The van der Waals surface area contributed by atoms with Crippen LogP contribution >= 0.6 is 0 Å². The molecule has 0 aliphatic heterocycles. The maximum atomic E-state index is 13.6. The van der Waals surface area contributed by atoms with Gasteiger partial charge in [0, 0.05) is 12.1 Å². The molecule has 7 heteroatoms. The molecule has 1 aromatic rings. The van der Waals surface area contributed by atoms with Crippen LogP contribution in [0.5, 0.6) is 5.75 Å². The number of benzene rings is 1. The van der Waals surface area contributed by atoms with Crippen molar-refractivity contribution in [1.82, 2.24) is 10.6 Å². The van der Waals surface area contributed by atoms with Crippen molar-refractivity contribution >= 4 is 11.9 Å². The first-order chi connectivity index (χ1) is 10.8. The van der Waals surface area contributed by atoms with E-state index in [0.717, 1.165) is 10.5 Å². The van der Waals surface area contributed by atoms with Gasteiger partial charge in [-0.15, -0.1) is 0 Å². The van der Waals surface area contributed by atoms with E-state index in [9.17, 15) is 14.0 Å². The molecule has 0 radical (unpaired) electrons. The van der Waals surface area contributed by atoms with Crippen LogP contribution in [0.3, 0.4) is 0 Å². The molecule has 1 unspecified atom stereocenters. The fourth-order valence-electron chi connectivity index (χ4n) is 2.02. The summed E-state index contributed by atoms with van der Waals surface area (Å²) in [6, 6.07) is 4.19. The van der Waals surface area contributed by atoms with E-state index in [1.54, 1.807) is 19.2 Å². The summed E-state index contributed by atoms with van der Waals surface area (Å²) in [5.41, 5.74) is 0.748. The van der Waals surface area contributed by atoms with Gasteiger partial charge in [0.1, 0.15) is 6.54 Å². The monoisotopic (exact) mass is 326 g/mol. The van der Waals surface area contributed by atoms with Gasteiger partial charge < -0.3 is 15.0 Å². The van der Waals surface area contributed by atoms with Crippen molar-refractivity contribution in [2.45, 2.75) is 20.4 Å². The molecule has 0 heterocycles. The quantitative estimate of drug-likeness (QED) is 0.676. The van der Waals surface area contributed by atoms with Crippen molar-refractivity contribution in [3.05, 3.63) is 29.6 Å². The van der Waals surface area contributed by atoms with E-state index < -0.39 is 11.8 Å². The maximum Gasteiger partial charge on any atom is 0.321 e. The summed E-state index contributed by atoms with van der Waals surface area (Å²) in [6.45, 7) is 5.01. The minimum Gasteiger partial charge on any atom is -0.494 e. The first-order valence-electron chi connectivity index (χ1n) is 7.53. The Morgan fingerprint density at radius 3 is 2.61 bits per heavy atom. The molecule has 0 aromatic heterocycles. The molecular formula is C16H25FN3O3+. The Balaban J connectivity index is 2.43. The van der Waals surface area contributed by atoms with Crippen LogP contribution in [0.2, 0.25) is 0 Å². The highest BCUT2D eigenvalue weighted by Crippen LogP contribution is 2.16. The van der Waals surface area contributed by atoms with Crippen LogP contribution in [-0.2, 0) is 11.3 Å². The highest BCUT2D eigenvalue weighted by molar-refractivity contribution is 5.94. The first-order valence-corrected chi connectivity index (χ1v) is 7.53. The van der Waals surface area contributed by atoms with Gasteiger partial charge in [0.25, 0.3) is 5.91 Å². The zero-order chi connectivity index (χ0) is 17.4. The molecule has 23 heavy (non-hydrogen) atoms. The summed E-state index contributed by atoms with van der Waals surface area (Å²) >= 11 is 0. The Morgan fingerprint density at radius 2 is 2.04 bits per heavy atom. The fraction of sp³-hybridized carbons (Fsp3) is 0.500. The minimum absolute atomic E-state index is 0.114. The lowest BCUT2D eigenvalue weighted by molar-refractivity contribution is -0.885. The molecule has 3 N–H and O–H groups in total. The van der Waals surface area contributed by atoms with Crippen molar-refractivity contribution in [3.8, 4) is 5.75 Å². The molecule has 128 valence electrons. The fourth-order valence-corrected chi connectivity index (χ4v) is 2.02. The van der Waals surface area contributed by atoms with Crippen molar-refractivity contribution in [3.63, 3.8) is 0 Å². The van der Waals surface area contributed by atoms with Gasteiger partial charge in [-0.1, -0.05) is 13.8 Å². The molecule has 0 saturated heterocycles. The van der Waals surface area contributed by atoms with Crippen molar-refractivity contribution in [2.75, 3.05) is 27.2 Å². The van der Waals surface area contributed by atoms with Gasteiger partial charge in [-0.2, -0.15) is 0 Å². The van der Waals surface area contributed by atoms with Gasteiger partial charge in [0.2, 0.25) is 0 Å². The standard InChI is InChI=1S/C16H24FN3O3/c1-11(2)8-18-16(22)19-15(21)10-20(3)9-12-5-6-14(23-4)13(17)7-12/h5-7,11H,8-10H2,1-4H3,(H2,18,19,21,22)/p+1. The predicted octanol–water partition coefficient (Wildman–Crippen LogP) is 0.331. The van der Waals surface area contributed by atoms with E-state index in [2.05, 4.69) is 10.6 Å². The number of nitrogens with one attached hydrogen (secondary N) is 3. The Kier molecular flexibility index (Phi) is 7.47. The van der Waals surface area contributed by atoms with E-state index in [-0.39, 0.29) is 18.2 Å².